The van der Waals surface area contributed by atoms with E-state index in [1.165, 1.54) is 13.1 Å². The molecule has 0 radical (unpaired) electrons. The summed E-state index contributed by atoms with van der Waals surface area (Å²) in [6.07, 6.45) is 1.52. The van der Waals surface area contributed by atoms with E-state index in [1.807, 2.05) is 49.4 Å². The van der Waals surface area contributed by atoms with E-state index in [1.54, 1.807) is 6.07 Å². The highest BCUT2D eigenvalue weighted by atomic mass is 16.5. The molecule has 138 valence electrons. The fraction of sp³-hybridized carbons (Fsp3) is 0.158. The fourth-order valence-corrected chi connectivity index (χ4v) is 2.41. The maximum Gasteiger partial charge on any atom is 0.249 e. The Morgan fingerprint density at radius 1 is 1.07 bits per heavy atom. The van der Waals surface area contributed by atoms with Gasteiger partial charge in [0.1, 0.15) is 5.75 Å². The first-order valence-corrected chi connectivity index (χ1v) is 8.47. The summed E-state index contributed by atoms with van der Waals surface area (Å²) >= 11 is 0. The maximum absolute atomic E-state index is 11.2. The number of ether oxygens (including phenoxy) is 1. The third-order valence-electron chi connectivity index (χ3n) is 3.45. The molecule has 0 aliphatic rings. The Morgan fingerprint density at radius 2 is 1.89 bits per heavy atom. The summed E-state index contributed by atoms with van der Waals surface area (Å²) in [5, 5.41) is 17.0. The van der Waals surface area contributed by atoms with Gasteiger partial charge in [0.2, 0.25) is 11.9 Å². The topological polar surface area (TPSA) is 101 Å². The zero-order valence-corrected chi connectivity index (χ0v) is 15.1. The van der Waals surface area contributed by atoms with Gasteiger partial charge < -0.3 is 20.7 Å². The minimum absolute atomic E-state index is 0.129. The van der Waals surface area contributed by atoms with Crippen LogP contribution >= 0.6 is 0 Å². The van der Waals surface area contributed by atoms with Crippen LogP contribution in [-0.4, -0.2) is 27.7 Å². The van der Waals surface area contributed by atoms with Gasteiger partial charge in [-0.1, -0.05) is 18.2 Å². The van der Waals surface area contributed by atoms with Crippen LogP contribution in [0.5, 0.6) is 5.75 Å². The number of amides is 1. The second kappa shape index (κ2) is 8.61. The Hall–Kier alpha value is -3.68. The predicted molar refractivity (Wildman–Crippen MR) is 105 cm³/mol. The Kier molecular flexibility index (Phi) is 5.78. The Bertz CT molecular complexity index is 931. The Morgan fingerprint density at radius 3 is 2.70 bits per heavy atom. The van der Waals surface area contributed by atoms with Crippen molar-refractivity contribution in [3.05, 3.63) is 54.7 Å². The number of nitrogens with zero attached hydrogens (tertiary/aromatic N) is 3. The number of anilines is 5. The van der Waals surface area contributed by atoms with E-state index in [9.17, 15) is 4.79 Å². The van der Waals surface area contributed by atoms with Crippen molar-refractivity contribution in [2.45, 2.75) is 13.8 Å². The summed E-state index contributed by atoms with van der Waals surface area (Å²) in [5.41, 5.74) is 2.21. The van der Waals surface area contributed by atoms with E-state index in [0.717, 1.165) is 11.4 Å². The SMILES string of the molecule is CCOc1ccccc1Nc1nncc(Nc2cccc(NC(C)=O)c2)n1. The van der Waals surface area contributed by atoms with Crippen molar-refractivity contribution < 1.29 is 9.53 Å². The number of aromatic nitrogens is 3. The molecule has 8 heteroatoms. The molecule has 1 heterocycles. The second-order valence-electron chi connectivity index (χ2n) is 5.61. The van der Waals surface area contributed by atoms with E-state index >= 15 is 0 Å². The summed E-state index contributed by atoms with van der Waals surface area (Å²) in [6, 6.07) is 14.9. The molecule has 3 rings (SSSR count). The highest BCUT2D eigenvalue weighted by Crippen LogP contribution is 2.26. The van der Waals surface area contributed by atoms with Crippen LogP contribution in [0, 0.1) is 0 Å². The van der Waals surface area contributed by atoms with Crippen LogP contribution in [-0.2, 0) is 4.79 Å². The van der Waals surface area contributed by atoms with E-state index in [0.29, 0.717) is 29.8 Å². The lowest BCUT2D eigenvalue weighted by atomic mass is 10.2. The molecule has 0 unspecified atom stereocenters. The summed E-state index contributed by atoms with van der Waals surface area (Å²) in [5.74, 6) is 1.44. The molecule has 0 aliphatic heterocycles. The van der Waals surface area contributed by atoms with Gasteiger partial charge in [-0.05, 0) is 37.3 Å². The molecular weight excluding hydrogens is 344 g/mol. The molecule has 0 saturated heterocycles. The number of nitrogens with one attached hydrogen (secondary N) is 3. The van der Waals surface area contributed by atoms with Gasteiger partial charge in [-0.2, -0.15) is 10.1 Å². The maximum atomic E-state index is 11.2. The summed E-state index contributed by atoms with van der Waals surface area (Å²) in [6.45, 7) is 3.95. The van der Waals surface area contributed by atoms with Crippen LogP contribution in [0.2, 0.25) is 0 Å². The Labute approximate surface area is 157 Å². The molecule has 0 saturated carbocycles. The highest BCUT2D eigenvalue weighted by Gasteiger charge is 2.07. The van der Waals surface area contributed by atoms with Gasteiger partial charge in [-0.3, -0.25) is 4.79 Å². The van der Waals surface area contributed by atoms with Crippen LogP contribution < -0.4 is 20.7 Å². The number of benzene rings is 2. The van der Waals surface area contributed by atoms with Gasteiger partial charge in [0, 0.05) is 18.3 Å². The van der Waals surface area contributed by atoms with Crippen molar-refractivity contribution in [1.82, 2.24) is 15.2 Å². The van der Waals surface area contributed by atoms with Crippen LogP contribution in [0.1, 0.15) is 13.8 Å². The molecule has 8 nitrogen and oxygen atoms in total. The van der Waals surface area contributed by atoms with Crippen molar-refractivity contribution in [3.8, 4) is 5.75 Å². The summed E-state index contributed by atoms with van der Waals surface area (Å²) in [4.78, 5) is 15.6. The number of carbonyl (C=O) groups excluding carboxylic acids is 1. The monoisotopic (exact) mass is 364 g/mol. The molecule has 2 aromatic carbocycles. The first-order chi connectivity index (χ1) is 13.1. The number of para-hydroxylation sites is 2. The molecule has 0 fully saturated rings. The zero-order chi connectivity index (χ0) is 19.1. The predicted octanol–water partition coefficient (Wildman–Crippen LogP) is 3.72. The third-order valence-corrected chi connectivity index (χ3v) is 3.45. The minimum Gasteiger partial charge on any atom is -0.492 e. The zero-order valence-electron chi connectivity index (χ0n) is 15.1. The summed E-state index contributed by atoms with van der Waals surface area (Å²) in [7, 11) is 0. The minimum atomic E-state index is -0.129. The van der Waals surface area contributed by atoms with Crippen LogP contribution in [0.15, 0.2) is 54.7 Å². The van der Waals surface area contributed by atoms with E-state index in [4.69, 9.17) is 4.74 Å². The number of hydrogen-bond acceptors (Lipinski definition) is 7. The molecule has 3 N–H and O–H groups in total. The van der Waals surface area contributed by atoms with Gasteiger partial charge in [0.25, 0.3) is 0 Å². The lowest BCUT2D eigenvalue weighted by Crippen LogP contribution is -2.06. The molecule has 0 aliphatic carbocycles. The summed E-state index contributed by atoms with van der Waals surface area (Å²) < 4.78 is 5.59. The van der Waals surface area contributed by atoms with Gasteiger partial charge in [-0.15, -0.1) is 5.10 Å². The molecule has 0 bridgehead atoms. The van der Waals surface area contributed by atoms with Crippen molar-refractivity contribution in [1.29, 1.82) is 0 Å². The molecule has 1 amide bonds. The smallest absolute Gasteiger partial charge is 0.249 e. The fourth-order valence-electron chi connectivity index (χ4n) is 2.41. The van der Waals surface area contributed by atoms with E-state index in [-0.39, 0.29) is 5.91 Å². The van der Waals surface area contributed by atoms with Crippen LogP contribution in [0.3, 0.4) is 0 Å². The van der Waals surface area contributed by atoms with E-state index in [2.05, 4.69) is 31.1 Å². The Balaban J connectivity index is 1.76. The first-order valence-electron chi connectivity index (χ1n) is 8.47. The van der Waals surface area contributed by atoms with Crippen molar-refractivity contribution >= 4 is 34.7 Å². The van der Waals surface area contributed by atoms with Crippen molar-refractivity contribution in [3.63, 3.8) is 0 Å². The average Bonchev–Trinajstić information content (AvgIpc) is 2.64. The second-order valence-corrected chi connectivity index (χ2v) is 5.61. The molecule has 0 spiro atoms. The third kappa shape index (κ3) is 5.15. The average molecular weight is 364 g/mol. The molecule has 1 aromatic heterocycles. The number of rotatable bonds is 7. The molecule has 27 heavy (non-hydrogen) atoms. The first kappa shape index (κ1) is 18.1. The lowest BCUT2D eigenvalue weighted by Gasteiger charge is -2.12. The quantitative estimate of drug-likeness (QED) is 0.587. The number of hydrogen-bond donors (Lipinski definition) is 3. The van der Waals surface area contributed by atoms with Crippen molar-refractivity contribution in [2.24, 2.45) is 0 Å². The lowest BCUT2D eigenvalue weighted by molar-refractivity contribution is -0.114. The van der Waals surface area contributed by atoms with Gasteiger partial charge in [0.15, 0.2) is 5.82 Å². The largest absolute Gasteiger partial charge is 0.492 e. The van der Waals surface area contributed by atoms with E-state index < -0.39 is 0 Å². The molecule has 0 atom stereocenters. The highest BCUT2D eigenvalue weighted by molar-refractivity contribution is 5.89. The van der Waals surface area contributed by atoms with Crippen LogP contribution in [0.25, 0.3) is 0 Å². The standard InChI is InChI=1S/C19H20N6O2/c1-3-27-17-10-5-4-9-16(17)23-19-24-18(12-20-25-19)22-15-8-6-7-14(11-15)21-13(2)26/h4-12H,3H2,1-2H3,(H,21,26)(H2,22,23,24,25). The van der Waals surface area contributed by atoms with Crippen LogP contribution in [0.4, 0.5) is 28.8 Å². The van der Waals surface area contributed by atoms with Gasteiger partial charge >= 0.3 is 0 Å². The molecular formula is C19H20N6O2. The van der Waals surface area contributed by atoms with Crippen molar-refractivity contribution in [2.75, 3.05) is 22.6 Å². The molecule has 3 aromatic rings. The van der Waals surface area contributed by atoms with Gasteiger partial charge in [0.05, 0.1) is 18.5 Å². The van der Waals surface area contributed by atoms with Gasteiger partial charge in [-0.25, -0.2) is 0 Å². The number of carbonyl (C=O) groups is 1. The normalized spacial score (nSPS) is 10.1.